The van der Waals surface area contributed by atoms with Crippen molar-refractivity contribution in [3.63, 3.8) is 0 Å². The van der Waals surface area contributed by atoms with Gasteiger partial charge in [-0.1, -0.05) is 0 Å². The van der Waals surface area contributed by atoms with E-state index in [1.54, 1.807) is 30.3 Å². The van der Waals surface area contributed by atoms with Crippen LogP contribution in [0.2, 0.25) is 0 Å². The monoisotopic (exact) mass is 354 g/mol. The molecule has 0 radical (unpaired) electrons. The highest BCUT2D eigenvalue weighted by molar-refractivity contribution is 6.05. The molecule has 1 aliphatic rings. The van der Waals surface area contributed by atoms with Crippen LogP contribution in [0, 0.1) is 0 Å². The second-order valence-corrected chi connectivity index (χ2v) is 5.90. The lowest BCUT2D eigenvalue weighted by Crippen LogP contribution is -2.20. The summed E-state index contributed by atoms with van der Waals surface area (Å²) in [4.78, 5) is 24.0. The lowest BCUT2D eigenvalue weighted by Gasteiger charge is -2.17. The first-order chi connectivity index (χ1) is 12.6. The molecule has 0 aromatic heterocycles. The highest BCUT2D eigenvalue weighted by atomic mass is 16.5. The third-order valence-electron chi connectivity index (χ3n) is 4.06. The van der Waals surface area contributed by atoms with E-state index < -0.39 is 0 Å². The van der Waals surface area contributed by atoms with Crippen molar-refractivity contribution in [2.45, 2.75) is 26.7 Å². The van der Waals surface area contributed by atoms with Crippen LogP contribution in [-0.4, -0.2) is 25.0 Å². The van der Waals surface area contributed by atoms with Gasteiger partial charge in [0.2, 0.25) is 5.91 Å². The van der Waals surface area contributed by atoms with Crippen LogP contribution in [0.1, 0.15) is 36.2 Å². The predicted octanol–water partition coefficient (Wildman–Crippen LogP) is 3.62. The van der Waals surface area contributed by atoms with Crippen molar-refractivity contribution >= 4 is 23.2 Å². The molecule has 0 aliphatic carbocycles. The first-order valence-electron chi connectivity index (χ1n) is 8.74. The molecule has 2 aromatic carbocycles. The van der Waals surface area contributed by atoms with Gasteiger partial charge in [-0.2, -0.15) is 0 Å². The maximum Gasteiger partial charge on any atom is 0.255 e. The van der Waals surface area contributed by atoms with Crippen molar-refractivity contribution < 1.29 is 19.1 Å². The molecule has 0 spiro atoms. The topological polar surface area (TPSA) is 76.7 Å². The Kier molecular flexibility index (Phi) is 5.41. The van der Waals surface area contributed by atoms with E-state index in [-0.39, 0.29) is 11.8 Å². The number of nitrogens with one attached hydrogen (secondary N) is 2. The van der Waals surface area contributed by atoms with Gasteiger partial charge in [0.25, 0.3) is 5.91 Å². The van der Waals surface area contributed by atoms with Crippen molar-refractivity contribution in [2.75, 3.05) is 23.8 Å². The molecule has 6 heteroatoms. The predicted molar refractivity (Wildman–Crippen MR) is 100 cm³/mol. The Morgan fingerprint density at radius 2 is 1.81 bits per heavy atom. The lowest BCUT2D eigenvalue weighted by atomic mass is 10.00. The fourth-order valence-electron chi connectivity index (χ4n) is 2.86. The number of hydrogen-bond donors (Lipinski definition) is 2. The average molecular weight is 354 g/mol. The van der Waals surface area contributed by atoms with Gasteiger partial charge in [-0.3, -0.25) is 9.59 Å². The fraction of sp³-hybridized carbons (Fsp3) is 0.300. The first kappa shape index (κ1) is 17.8. The van der Waals surface area contributed by atoms with Crippen LogP contribution in [0.4, 0.5) is 11.4 Å². The summed E-state index contributed by atoms with van der Waals surface area (Å²) in [6.07, 6.45) is 1.08. The van der Waals surface area contributed by atoms with Crippen molar-refractivity contribution in [3.05, 3.63) is 47.5 Å². The molecular formula is C20H22N2O4. The summed E-state index contributed by atoms with van der Waals surface area (Å²) in [7, 11) is 0. The second-order valence-electron chi connectivity index (χ2n) is 5.90. The Labute approximate surface area is 152 Å². The molecule has 0 unspecified atom stereocenters. The summed E-state index contributed by atoms with van der Waals surface area (Å²) in [6, 6.07) is 10.6. The highest BCUT2D eigenvalue weighted by Gasteiger charge is 2.17. The van der Waals surface area contributed by atoms with Crippen molar-refractivity contribution in [3.8, 4) is 11.5 Å². The van der Waals surface area contributed by atoms with E-state index in [0.717, 1.165) is 11.3 Å². The minimum absolute atomic E-state index is 0.00698. The maximum atomic E-state index is 12.6. The fourth-order valence-corrected chi connectivity index (χ4v) is 2.86. The molecule has 0 bridgehead atoms. The number of ether oxygens (including phenoxy) is 2. The van der Waals surface area contributed by atoms with Crippen LogP contribution in [0.3, 0.4) is 0 Å². The number of aryl methyl sites for hydroxylation is 1. The van der Waals surface area contributed by atoms with E-state index in [2.05, 4.69) is 10.6 Å². The van der Waals surface area contributed by atoms with Gasteiger partial charge in [0.1, 0.15) is 0 Å². The summed E-state index contributed by atoms with van der Waals surface area (Å²) in [5, 5.41) is 5.69. The van der Waals surface area contributed by atoms with Gasteiger partial charge in [0, 0.05) is 29.4 Å². The Bertz CT molecular complexity index is 833. The largest absolute Gasteiger partial charge is 0.490 e. The lowest BCUT2D eigenvalue weighted by molar-refractivity contribution is -0.116. The normalized spacial score (nSPS) is 12.8. The zero-order chi connectivity index (χ0) is 18.5. The third kappa shape index (κ3) is 3.96. The SMILES string of the molecule is CCOc1ccc(NC(=O)c2ccc3c(c2)CCC(=O)N3)cc1OCC. The van der Waals surface area contributed by atoms with E-state index in [1.807, 2.05) is 19.9 Å². The number of carbonyl (C=O) groups is 2. The Hall–Kier alpha value is -3.02. The van der Waals surface area contributed by atoms with Gasteiger partial charge in [0.15, 0.2) is 11.5 Å². The van der Waals surface area contributed by atoms with Crippen molar-refractivity contribution in [2.24, 2.45) is 0 Å². The van der Waals surface area contributed by atoms with Gasteiger partial charge in [-0.05, 0) is 56.2 Å². The molecule has 0 saturated heterocycles. The summed E-state index contributed by atoms with van der Waals surface area (Å²) in [5.74, 6) is 1.04. The molecule has 6 nitrogen and oxygen atoms in total. The zero-order valence-electron chi connectivity index (χ0n) is 14.9. The second kappa shape index (κ2) is 7.91. The minimum atomic E-state index is -0.212. The number of carbonyl (C=O) groups excluding carboxylic acids is 2. The number of amides is 2. The van der Waals surface area contributed by atoms with E-state index >= 15 is 0 Å². The molecule has 2 N–H and O–H groups in total. The number of benzene rings is 2. The zero-order valence-corrected chi connectivity index (χ0v) is 14.9. The molecule has 2 amide bonds. The molecule has 136 valence electrons. The molecule has 1 aliphatic heterocycles. The van der Waals surface area contributed by atoms with Gasteiger partial charge in [0.05, 0.1) is 13.2 Å². The molecular weight excluding hydrogens is 332 g/mol. The first-order valence-corrected chi connectivity index (χ1v) is 8.74. The molecule has 0 atom stereocenters. The molecule has 26 heavy (non-hydrogen) atoms. The van der Waals surface area contributed by atoms with Crippen molar-refractivity contribution in [1.29, 1.82) is 0 Å². The molecule has 2 aromatic rings. The van der Waals surface area contributed by atoms with Crippen LogP contribution in [0.5, 0.6) is 11.5 Å². The molecule has 0 saturated carbocycles. The van der Waals surface area contributed by atoms with Crippen LogP contribution < -0.4 is 20.1 Å². The third-order valence-corrected chi connectivity index (χ3v) is 4.06. The standard InChI is InChI=1S/C20H22N2O4/c1-3-25-17-9-7-15(12-18(17)26-4-2)21-20(24)14-5-8-16-13(11-14)6-10-19(23)22-16/h5,7-9,11-12H,3-4,6,10H2,1-2H3,(H,21,24)(H,22,23). The molecule has 0 fully saturated rings. The van der Waals surface area contributed by atoms with Crippen molar-refractivity contribution in [1.82, 2.24) is 0 Å². The van der Waals surface area contributed by atoms with Gasteiger partial charge in [-0.15, -0.1) is 0 Å². The quantitative estimate of drug-likeness (QED) is 0.831. The van der Waals surface area contributed by atoms with E-state index in [9.17, 15) is 9.59 Å². The van der Waals surface area contributed by atoms with Gasteiger partial charge in [-0.25, -0.2) is 0 Å². The van der Waals surface area contributed by atoms with Gasteiger partial charge >= 0.3 is 0 Å². The van der Waals surface area contributed by atoms with E-state index in [4.69, 9.17) is 9.47 Å². The highest BCUT2D eigenvalue weighted by Crippen LogP contribution is 2.31. The Morgan fingerprint density at radius 3 is 2.58 bits per heavy atom. The number of anilines is 2. The van der Waals surface area contributed by atoms with Crippen LogP contribution >= 0.6 is 0 Å². The molecule has 3 rings (SSSR count). The van der Waals surface area contributed by atoms with E-state index in [0.29, 0.717) is 48.8 Å². The van der Waals surface area contributed by atoms with E-state index in [1.165, 1.54) is 0 Å². The summed E-state index contributed by atoms with van der Waals surface area (Å²) in [5.41, 5.74) is 2.93. The average Bonchev–Trinajstić information content (AvgIpc) is 2.63. The van der Waals surface area contributed by atoms with Crippen LogP contribution in [-0.2, 0) is 11.2 Å². The molecule has 1 heterocycles. The summed E-state index contributed by atoms with van der Waals surface area (Å²) < 4.78 is 11.1. The maximum absolute atomic E-state index is 12.6. The summed E-state index contributed by atoms with van der Waals surface area (Å²) >= 11 is 0. The number of rotatable bonds is 6. The Balaban J connectivity index is 1.77. The number of hydrogen-bond acceptors (Lipinski definition) is 4. The van der Waals surface area contributed by atoms with Gasteiger partial charge < -0.3 is 20.1 Å². The minimum Gasteiger partial charge on any atom is -0.490 e. The van der Waals surface area contributed by atoms with Crippen LogP contribution in [0.25, 0.3) is 0 Å². The van der Waals surface area contributed by atoms with Crippen LogP contribution in [0.15, 0.2) is 36.4 Å². The Morgan fingerprint density at radius 1 is 1.04 bits per heavy atom. The smallest absolute Gasteiger partial charge is 0.255 e. The number of fused-ring (bicyclic) bond motifs is 1. The summed E-state index contributed by atoms with van der Waals surface area (Å²) in [6.45, 7) is 4.85.